The molecular weight excluding hydrogens is 208 g/mol. The zero-order valence-corrected chi connectivity index (χ0v) is 11.8. The molecule has 1 aromatic rings. The quantitative estimate of drug-likeness (QED) is 0.784. The fourth-order valence-electron chi connectivity index (χ4n) is 1.62. The highest BCUT2D eigenvalue weighted by Gasteiger charge is 2.19. The molecule has 17 heavy (non-hydrogen) atoms. The van der Waals surface area contributed by atoms with Gasteiger partial charge in [0.15, 0.2) is 0 Å². The average Bonchev–Trinajstić information content (AvgIpc) is 2.22. The summed E-state index contributed by atoms with van der Waals surface area (Å²) in [5, 5.41) is 3.52. The second-order valence-electron chi connectivity index (χ2n) is 6.03. The molecule has 96 valence electrons. The number of rotatable bonds is 4. The van der Waals surface area contributed by atoms with Gasteiger partial charge in [0.2, 0.25) is 0 Å². The highest BCUT2D eigenvalue weighted by atomic mass is 14.9. The maximum atomic E-state index is 5.89. The van der Waals surface area contributed by atoms with E-state index in [1.54, 1.807) is 0 Å². The van der Waals surface area contributed by atoms with Crippen LogP contribution < -0.4 is 11.1 Å². The predicted molar refractivity (Wildman–Crippen MR) is 75.9 cm³/mol. The van der Waals surface area contributed by atoms with Crippen LogP contribution in [0.4, 0.5) is 5.69 Å². The molecule has 0 saturated carbocycles. The van der Waals surface area contributed by atoms with Gasteiger partial charge in [0.05, 0.1) is 0 Å². The van der Waals surface area contributed by atoms with E-state index in [0.717, 1.165) is 18.8 Å². The molecule has 0 saturated heterocycles. The van der Waals surface area contributed by atoms with E-state index in [1.807, 2.05) is 12.1 Å². The Hall–Kier alpha value is -1.02. The smallest absolute Gasteiger partial charge is 0.0346 e. The highest BCUT2D eigenvalue weighted by Crippen LogP contribution is 2.24. The van der Waals surface area contributed by atoms with Gasteiger partial charge in [0.1, 0.15) is 0 Å². The van der Waals surface area contributed by atoms with Crippen LogP contribution in [0.5, 0.6) is 0 Å². The summed E-state index contributed by atoms with van der Waals surface area (Å²) in [6.07, 6.45) is 0. The Morgan fingerprint density at radius 3 is 2.53 bits per heavy atom. The van der Waals surface area contributed by atoms with E-state index < -0.39 is 0 Å². The van der Waals surface area contributed by atoms with E-state index in [4.69, 9.17) is 5.73 Å². The lowest BCUT2D eigenvalue weighted by Gasteiger charge is -2.27. The van der Waals surface area contributed by atoms with Gasteiger partial charge in [-0.1, -0.05) is 39.8 Å². The first-order valence-electron chi connectivity index (χ1n) is 6.37. The lowest BCUT2D eigenvalue weighted by molar-refractivity contribution is 0.252. The van der Waals surface area contributed by atoms with E-state index in [1.165, 1.54) is 11.1 Å². The van der Waals surface area contributed by atoms with Crippen LogP contribution in [0.15, 0.2) is 18.2 Å². The molecule has 3 N–H and O–H groups in total. The Kier molecular flexibility index (Phi) is 4.58. The first-order chi connectivity index (χ1) is 7.82. The third kappa shape index (κ3) is 4.04. The van der Waals surface area contributed by atoms with Crippen LogP contribution in [0.2, 0.25) is 0 Å². The summed E-state index contributed by atoms with van der Waals surface area (Å²) in [6.45, 7) is 13.2. The van der Waals surface area contributed by atoms with Crippen molar-refractivity contribution in [3.8, 4) is 0 Å². The SMILES string of the molecule is Cc1c(N)cccc1CNCC(C)C(C)(C)C. The molecule has 0 radical (unpaired) electrons. The standard InChI is InChI=1S/C15H26N2/c1-11(15(3,4)5)9-17-10-13-7-6-8-14(16)12(13)2/h6-8,11,17H,9-10,16H2,1-5H3. The van der Waals surface area contributed by atoms with Crippen LogP contribution in [-0.2, 0) is 6.54 Å². The molecule has 0 heterocycles. The minimum atomic E-state index is 0.359. The molecule has 0 spiro atoms. The molecule has 0 fully saturated rings. The molecular formula is C15H26N2. The molecule has 0 amide bonds. The van der Waals surface area contributed by atoms with Gasteiger partial charge in [-0.25, -0.2) is 0 Å². The van der Waals surface area contributed by atoms with E-state index >= 15 is 0 Å². The Balaban J connectivity index is 2.49. The molecule has 1 atom stereocenters. The third-order valence-electron chi connectivity index (χ3n) is 3.73. The average molecular weight is 234 g/mol. The van der Waals surface area contributed by atoms with Gasteiger partial charge in [-0.05, 0) is 42.0 Å². The number of hydrogen-bond donors (Lipinski definition) is 2. The number of anilines is 1. The minimum Gasteiger partial charge on any atom is -0.399 e. The van der Waals surface area contributed by atoms with Crippen LogP contribution in [0.25, 0.3) is 0 Å². The Bertz CT molecular complexity index is 364. The molecule has 2 heteroatoms. The fraction of sp³-hybridized carbons (Fsp3) is 0.600. The van der Waals surface area contributed by atoms with Gasteiger partial charge < -0.3 is 11.1 Å². The van der Waals surface area contributed by atoms with Crippen molar-refractivity contribution in [1.82, 2.24) is 5.32 Å². The van der Waals surface area contributed by atoms with E-state index in [9.17, 15) is 0 Å². The molecule has 0 aliphatic heterocycles. The van der Waals surface area contributed by atoms with Crippen LogP contribution in [0.1, 0.15) is 38.8 Å². The molecule has 0 bridgehead atoms. The number of benzene rings is 1. The van der Waals surface area contributed by atoms with E-state index in [0.29, 0.717) is 11.3 Å². The zero-order chi connectivity index (χ0) is 13.1. The summed E-state index contributed by atoms with van der Waals surface area (Å²) in [5.74, 6) is 0.656. The van der Waals surface area contributed by atoms with Crippen LogP contribution in [0, 0.1) is 18.3 Å². The maximum absolute atomic E-state index is 5.89. The van der Waals surface area contributed by atoms with Crippen molar-refractivity contribution >= 4 is 5.69 Å². The first-order valence-corrected chi connectivity index (χ1v) is 6.37. The van der Waals surface area contributed by atoms with Gasteiger partial charge in [-0.2, -0.15) is 0 Å². The lowest BCUT2D eigenvalue weighted by atomic mass is 9.82. The lowest BCUT2D eigenvalue weighted by Crippen LogP contribution is -2.29. The number of nitrogen functional groups attached to an aromatic ring is 1. The van der Waals surface area contributed by atoms with Gasteiger partial charge in [-0.15, -0.1) is 0 Å². The van der Waals surface area contributed by atoms with Crippen molar-refractivity contribution in [2.24, 2.45) is 11.3 Å². The Morgan fingerprint density at radius 1 is 1.29 bits per heavy atom. The van der Waals surface area contributed by atoms with Crippen molar-refractivity contribution in [1.29, 1.82) is 0 Å². The van der Waals surface area contributed by atoms with Crippen LogP contribution in [0.3, 0.4) is 0 Å². The number of hydrogen-bond acceptors (Lipinski definition) is 2. The predicted octanol–water partition coefficient (Wildman–Crippen LogP) is 3.35. The first kappa shape index (κ1) is 14.0. The van der Waals surface area contributed by atoms with Gasteiger partial charge in [-0.3, -0.25) is 0 Å². The second-order valence-corrected chi connectivity index (χ2v) is 6.03. The van der Waals surface area contributed by atoms with Crippen molar-refractivity contribution in [3.05, 3.63) is 29.3 Å². The summed E-state index contributed by atoms with van der Waals surface area (Å²) in [6, 6.07) is 6.11. The van der Waals surface area contributed by atoms with Crippen LogP contribution in [-0.4, -0.2) is 6.54 Å². The van der Waals surface area contributed by atoms with E-state index in [2.05, 4.69) is 46.0 Å². The van der Waals surface area contributed by atoms with Gasteiger partial charge >= 0.3 is 0 Å². The van der Waals surface area contributed by atoms with Crippen molar-refractivity contribution in [2.45, 2.75) is 41.2 Å². The summed E-state index contributed by atoms with van der Waals surface area (Å²) in [7, 11) is 0. The molecule has 2 nitrogen and oxygen atoms in total. The topological polar surface area (TPSA) is 38.0 Å². The fourth-order valence-corrected chi connectivity index (χ4v) is 1.62. The zero-order valence-electron chi connectivity index (χ0n) is 11.8. The van der Waals surface area contributed by atoms with Gasteiger partial charge in [0.25, 0.3) is 0 Å². The summed E-state index contributed by atoms with van der Waals surface area (Å²) < 4.78 is 0. The molecule has 1 rings (SSSR count). The van der Waals surface area contributed by atoms with Crippen molar-refractivity contribution in [3.63, 3.8) is 0 Å². The Labute approximate surface area is 106 Å². The largest absolute Gasteiger partial charge is 0.399 e. The van der Waals surface area contributed by atoms with Crippen molar-refractivity contribution in [2.75, 3.05) is 12.3 Å². The normalized spacial score (nSPS) is 13.7. The highest BCUT2D eigenvalue weighted by molar-refractivity contribution is 5.49. The summed E-state index contributed by atoms with van der Waals surface area (Å²) in [5.41, 5.74) is 9.63. The maximum Gasteiger partial charge on any atom is 0.0346 e. The molecule has 1 unspecified atom stereocenters. The molecule has 0 aliphatic rings. The number of nitrogens with two attached hydrogens (primary N) is 1. The third-order valence-corrected chi connectivity index (χ3v) is 3.73. The monoisotopic (exact) mass is 234 g/mol. The minimum absolute atomic E-state index is 0.359. The second kappa shape index (κ2) is 5.54. The van der Waals surface area contributed by atoms with Crippen molar-refractivity contribution < 1.29 is 0 Å². The molecule has 0 aromatic heterocycles. The van der Waals surface area contributed by atoms with Gasteiger partial charge in [0, 0.05) is 12.2 Å². The molecule has 0 aliphatic carbocycles. The summed E-state index contributed by atoms with van der Waals surface area (Å²) >= 11 is 0. The number of nitrogens with one attached hydrogen (secondary N) is 1. The van der Waals surface area contributed by atoms with E-state index in [-0.39, 0.29) is 0 Å². The Morgan fingerprint density at radius 2 is 1.94 bits per heavy atom. The summed E-state index contributed by atoms with van der Waals surface area (Å²) in [4.78, 5) is 0. The van der Waals surface area contributed by atoms with Crippen LogP contribution >= 0.6 is 0 Å². The molecule has 1 aromatic carbocycles.